The number of aromatic nitrogens is 1. The van der Waals surface area contributed by atoms with Gasteiger partial charge in [-0.05, 0) is 25.5 Å². The highest BCUT2D eigenvalue weighted by Crippen LogP contribution is 2.22. The summed E-state index contributed by atoms with van der Waals surface area (Å²) in [5, 5.41) is 3.12. The van der Waals surface area contributed by atoms with E-state index in [-0.39, 0.29) is 12.1 Å². The Labute approximate surface area is 87.9 Å². The van der Waals surface area contributed by atoms with Gasteiger partial charge in [-0.15, -0.1) is 0 Å². The van der Waals surface area contributed by atoms with Crippen LogP contribution in [0, 0.1) is 6.92 Å². The fourth-order valence-corrected chi connectivity index (χ4v) is 1.32. The van der Waals surface area contributed by atoms with Crippen LogP contribution in [0.2, 0.25) is 0 Å². The lowest BCUT2D eigenvalue weighted by Gasteiger charge is -2.08. The lowest BCUT2D eigenvalue weighted by molar-refractivity contribution is 0.930. The summed E-state index contributed by atoms with van der Waals surface area (Å²) in [6.45, 7) is 8.30. The minimum atomic E-state index is 0.208. The first-order chi connectivity index (χ1) is 6.63. The van der Waals surface area contributed by atoms with Gasteiger partial charge in [-0.3, -0.25) is 0 Å². The number of rotatable bonds is 4. The molecule has 4 heteroatoms. The van der Waals surface area contributed by atoms with Gasteiger partial charge in [0.2, 0.25) is 0 Å². The molecule has 0 saturated heterocycles. The summed E-state index contributed by atoms with van der Waals surface area (Å²) in [5.41, 5.74) is 1.98. The summed E-state index contributed by atoms with van der Waals surface area (Å²) in [6.07, 6.45) is 1.51. The van der Waals surface area contributed by atoms with Crippen LogP contribution in [0.5, 0.6) is 0 Å². The molecule has 0 aliphatic carbocycles. The molecular formula is C10H13FN2S. The maximum Gasteiger partial charge on any atom is 0.129 e. The molecule has 0 spiro atoms. The van der Waals surface area contributed by atoms with Gasteiger partial charge in [0.15, 0.2) is 0 Å². The van der Waals surface area contributed by atoms with Crippen LogP contribution in [0.15, 0.2) is 29.3 Å². The zero-order valence-corrected chi connectivity index (χ0v) is 9.12. The standard InChI is InChI=1S/C10H13FN2S/c1-7(2)5-12-10-8(3)4-9(14-11)6-13-10/h4,6H,1,5H2,2-3H3,(H,12,13). The minimum absolute atomic E-state index is 0.208. The molecule has 0 aromatic carbocycles. The largest absolute Gasteiger partial charge is 0.366 e. The van der Waals surface area contributed by atoms with Crippen LogP contribution in [0.3, 0.4) is 0 Å². The smallest absolute Gasteiger partial charge is 0.129 e. The van der Waals surface area contributed by atoms with E-state index in [1.54, 1.807) is 6.07 Å². The van der Waals surface area contributed by atoms with E-state index in [0.29, 0.717) is 11.4 Å². The highest BCUT2D eigenvalue weighted by atomic mass is 32.2. The van der Waals surface area contributed by atoms with Crippen molar-refractivity contribution in [3.05, 3.63) is 30.0 Å². The summed E-state index contributed by atoms with van der Waals surface area (Å²) >= 11 is 0.208. The van der Waals surface area contributed by atoms with Crippen LogP contribution in [-0.4, -0.2) is 11.5 Å². The van der Waals surface area contributed by atoms with Crippen LogP contribution in [-0.2, 0) is 0 Å². The van der Waals surface area contributed by atoms with Gasteiger partial charge >= 0.3 is 0 Å². The van der Waals surface area contributed by atoms with Gasteiger partial charge in [0.1, 0.15) is 5.82 Å². The lowest BCUT2D eigenvalue weighted by atomic mass is 10.3. The summed E-state index contributed by atoms with van der Waals surface area (Å²) in [5.74, 6) is 0.783. The zero-order chi connectivity index (χ0) is 10.6. The van der Waals surface area contributed by atoms with Crippen molar-refractivity contribution in [1.29, 1.82) is 0 Å². The fraction of sp³-hybridized carbons (Fsp3) is 0.300. The predicted octanol–water partition coefficient (Wildman–Crippen LogP) is 3.35. The van der Waals surface area contributed by atoms with E-state index in [1.807, 2.05) is 13.8 Å². The van der Waals surface area contributed by atoms with E-state index in [2.05, 4.69) is 16.9 Å². The van der Waals surface area contributed by atoms with E-state index in [0.717, 1.165) is 17.0 Å². The van der Waals surface area contributed by atoms with E-state index >= 15 is 0 Å². The van der Waals surface area contributed by atoms with Gasteiger partial charge in [-0.25, -0.2) is 4.98 Å². The third-order valence-electron chi connectivity index (χ3n) is 1.70. The average molecular weight is 212 g/mol. The van der Waals surface area contributed by atoms with Gasteiger partial charge in [0.05, 0.1) is 17.0 Å². The number of pyridine rings is 1. The molecule has 0 radical (unpaired) electrons. The third kappa shape index (κ3) is 3.03. The Hall–Kier alpha value is -1.03. The molecule has 1 rings (SSSR count). The first-order valence-corrected chi connectivity index (χ1v) is 4.98. The van der Waals surface area contributed by atoms with Crippen molar-refractivity contribution >= 4 is 18.0 Å². The Bertz CT molecular complexity index is 339. The second-order valence-corrected chi connectivity index (χ2v) is 3.85. The quantitative estimate of drug-likeness (QED) is 0.775. The molecule has 0 aliphatic heterocycles. The average Bonchev–Trinajstić information content (AvgIpc) is 2.15. The van der Waals surface area contributed by atoms with Crippen LogP contribution in [0.4, 0.5) is 9.70 Å². The van der Waals surface area contributed by atoms with Gasteiger partial charge in [0.25, 0.3) is 0 Å². The molecule has 0 unspecified atom stereocenters. The van der Waals surface area contributed by atoms with Gasteiger partial charge < -0.3 is 5.32 Å². The molecule has 0 aliphatic rings. The number of hydrogen-bond acceptors (Lipinski definition) is 3. The van der Waals surface area contributed by atoms with E-state index in [9.17, 15) is 3.89 Å². The minimum Gasteiger partial charge on any atom is -0.366 e. The van der Waals surface area contributed by atoms with E-state index in [4.69, 9.17) is 0 Å². The first kappa shape index (κ1) is 11.0. The fourth-order valence-electron chi connectivity index (χ4n) is 1.01. The molecular weight excluding hydrogens is 199 g/mol. The van der Waals surface area contributed by atoms with Crippen molar-refractivity contribution in [1.82, 2.24) is 4.98 Å². The second-order valence-electron chi connectivity index (χ2n) is 3.22. The Morgan fingerprint density at radius 2 is 2.43 bits per heavy atom. The van der Waals surface area contributed by atoms with Gasteiger partial charge in [-0.2, -0.15) is 3.89 Å². The molecule has 1 aromatic rings. The summed E-state index contributed by atoms with van der Waals surface area (Å²) in [4.78, 5) is 4.64. The maximum absolute atomic E-state index is 12.2. The Morgan fingerprint density at radius 3 is 2.93 bits per heavy atom. The number of aryl methyl sites for hydroxylation is 1. The number of anilines is 1. The van der Waals surface area contributed by atoms with Crippen molar-refractivity contribution in [2.24, 2.45) is 0 Å². The highest BCUT2D eigenvalue weighted by Gasteiger charge is 2.01. The Balaban J connectivity index is 2.73. The van der Waals surface area contributed by atoms with Crippen molar-refractivity contribution in [2.45, 2.75) is 18.7 Å². The molecule has 0 atom stereocenters. The molecule has 0 fully saturated rings. The van der Waals surface area contributed by atoms with Crippen LogP contribution in [0.1, 0.15) is 12.5 Å². The molecule has 1 heterocycles. The molecule has 0 amide bonds. The van der Waals surface area contributed by atoms with Crippen LogP contribution < -0.4 is 5.32 Å². The monoisotopic (exact) mass is 212 g/mol. The molecule has 1 N–H and O–H groups in total. The van der Waals surface area contributed by atoms with E-state index < -0.39 is 0 Å². The molecule has 14 heavy (non-hydrogen) atoms. The van der Waals surface area contributed by atoms with Crippen molar-refractivity contribution in [3.63, 3.8) is 0 Å². The zero-order valence-electron chi connectivity index (χ0n) is 8.30. The predicted molar refractivity (Wildman–Crippen MR) is 59.2 cm³/mol. The van der Waals surface area contributed by atoms with Crippen molar-refractivity contribution < 1.29 is 3.89 Å². The molecule has 76 valence electrons. The first-order valence-electron chi connectivity index (χ1n) is 4.27. The van der Waals surface area contributed by atoms with Crippen LogP contribution in [0.25, 0.3) is 0 Å². The SMILES string of the molecule is C=C(C)CNc1ncc(SF)cc1C. The van der Waals surface area contributed by atoms with Gasteiger partial charge in [-0.1, -0.05) is 12.2 Å². The molecule has 2 nitrogen and oxygen atoms in total. The number of nitrogens with zero attached hydrogens (tertiary/aromatic N) is 1. The van der Waals surface area contributed by atoms with E-state index in [1.165, 1.54) is 6.20 Å². The summed E-state index contributed by atoms with van der Waals surface area (Å²) in [7, 11) is 0. The van der Waals surface area contributed by atoms with Crippen molar-refractivity contribution in [2.75, 3.05) is 11.9 Å². The highest BCUT2D eigenvalue weighted by molar-refractivity contribution is 7.94. The van der Waals surface area contributed by atoms with Gasteiger partial charge in [0, 0.05) is 12.7 Å². The second kappa shape index (κ2) is 5.00. The normalized spacial score (nSPS) is 9.93. The summed E-state index contributed by atoms with van der Waals surface area (Å²) < 4.78 is 12.2. The Morgan fingerprint density at radius 1 is 1.71 bits per heavy atom. The summed E-state index contributed by atoms with van der Waals surface area (Å²) in [6, 6.07) is 1.76. The molecule has 0 saturated carbocycles. The van der Waals surface area contributed by atoms with Crippen LogP contribution >= 0.6 is 12.1 Å². The maximum atomic E-state index is 12.2. The third-order valence-corrected chi connectivity index (χ3v) is 2.10. The lowest BCUT2D eigenvalue weighted by Crippen LogP contribution is -2.05. The Kier molecular flexibility index (Phi) is 3.95. The number of nitrogens with one attached hydrogen (secondary N) is 1. The molecule has 1 aromatic heterocycles. The number of halogens is 1. The molecule has 0 bridgehead atoms. The topological polar surface area (TPSA) is 24.9 Å². The number of hydrogen-bond donors (Lipinski definition) is 1. The van der Waals surface area contributed by atoms with Crippen molar-refractivity contribution in [3.8, 4) is 0 Å².